The molecule has 0 radical (unpaired) electrons. The van der Waals surface area contributed by atoms with E-state index in [1.54, 1.807) is 6.07 Å². The van der Waals surface area contributed by atoms with E-state index >= 15 is 0 Å². The summed E-state index contributed by atoms with van der Waals surface area (Å²) in [6, 6.07) is 16.0. The van der Waals surface area contributed by atoms with Crippen LogP contribution in [0.4, 0.5) is 5.69 Å². The van der Waals surface area contributed by atoms with Gasteiger partial charge in [0.05, 0.1) is 11.6 Å². The molecule has 3 nitrogen and oxygen atoms in total. The second-order valence-corrected chi connectivity index (χ2v) is 6.08. The fraction of sp³-hybridized carbons (Fsp3) is 0.333. The Labute approximate surface area is 124 Å². The van der Waals surface area contributed by atoms with E-state index in [1.165, 1.54) is 5.56 Å². The molecular formula is C18H19NO2. The molecule has 2 aliphatic heterocycles. The van der Waals surface area contributed by atoms with Crippen molar-refractivity contribution in [2.45, 2.75) is 25.0 Å². The standard InChI is InChI=1S/C18H19NO2/c1-18-13-7-3-4-8-15(13)19-17(14(18)10-11-21-18)12-6-2-5-9-16(12)20/h2-9,14,17,19-20H,10-11H2,1H3/t14-,17-,18+/m0/s1. The smallest absolute Gasteiger partial charge is 0.120 e. The Morgan fingerprint density at radius 1 is 1.14 bits per heavy atom. The zero-order valence-corrected chi connectivity index (χ0v) is 12.0. The van der Waals surface area contributed by atoms with Gasteiger partial charge in [-0.25, -0.2) is 0 Å². The summed E-state index contributed by atoms with van der Waals surface area (Å²) in [5, 5.41) is 13.8. The maximum atomic E-state index is 10.2. The summed E-state index contributed by atoms with van der Waals surface area (Å²) in [6.45, 7) is 2.94. The van der Waals surface area contributed by atoms with Crippen molar-refractivity contribution in [3.05, 3.63) is 59.7 Å². The number of benzene rings is 2. The van der Waals surface area contributed by atoms with Crippen LogP contribution >= 0.6 is 0 Å². The van der Waals surface area contributed by atoms with Gasteiger partial charge in [-0.2, -0.15) is 0 Å². The average molecular weight is 281 g/mol. The Bertz CT molecular complexity index is 684. The number of para-hydroxylation sites is 2. The topological polar surface area (TPSA) is 41.5 Å². The zero-order valence-electron chi connectivity index (χ0n) is 12.0. The lowest BCUT2D eigenvalue weighted by Gasteiger charge is -2.43. The zero-order chi connectivity index (χ0) is 14.4. The Balaban J connectivity index is 1.87. The van der Waals surface area contributed by atoms with Crippen LogP contribution in [0.3, 0.4) is 0 Å². The van der Waals surface area contributed by atoms with Crippen molar-refractivity contribution in [1.82, 2.24) is 0 Å². The van der Waals surface area contributed by atoms with E-state index in [1.807, 2.05) is 24.3 Å². The molecule has 3 atom stereocenters. The number of fused-ring (bicyclic) bond motifs is 3. The molecule has 0 bridgehead atoms. The predicted molar refractivity (Wildman–Crippen MR) is 82.3 cm³/mol. The van der Waals surface area contributed by atoms with Gasteiger partial charge in [-0.3, -0.25) is 0 Å². The Morgan fingerprint density at radius 3 is 2.76 bits per heavy atom. The second-order valence-electron chi connectivity index (χ2n) is 6.08. The van der Waals surface area contributed by atoms with Crippen molar-refractivity contribution in [2.24, 2.45) is 5.92 Å². The Morgan fingerprint density at radius 2 is 1.90 bits per heavy atom. The molecule has 1 fully saturated rings. The Hall–Kier alpha value is -2.00. The molecule has 1 saturated heterocycles. The molecule has 2 heterocycles. The Kier molecular flexibility index (Phi) is 2.73. The SMILES string of the molecule is C[C@]12OCC[C@H]1[C@H](c1ccccc1O)Nc1ccccc12. The van der Waals surface area contributed by atoms with E-state index in [4.69, 9.17) is 4.74 Å². The molecule has 21 heavy (non-hydrogen) atoms. The number of phenolic OH excluding ortho intramolecular Hbond substituents is 1. The van der Waals surface area contributed by atoms with Crippen LogP contribution in [0.25, 0.3) is 0 Å². The molecule has 0 amide bonds. The van der Waals surface area contributed by atoms with Crippen LogP contribution in [-0.2, 0) is 10.3 Å². The number of rotatable bonds is 1. The first kappa shape index (κ1) is 12.7. The molecule has 2 aromatic rings. The van der Waals surface area contributed by atoms with Crippen LogP contribution in [0.15, 0.2) is 48.5 Å². The summed E-state index contributed by atoms with van der Waals surface area (Å²) >= 11 is 0. The molecule has 108 valence electrons. The molecule has 3 heteroatoms. The maximum absolute atomic E-state index is 10.2. The number of nitrogens with one attached hydrogen (secondary N) is 1. The third-order valence-electron chi connectivity index (χ3n) is 4.99. The van der Waals surface area contributed by atoms with Crippen molar-refractivity contribution in [3.8, 4) is 5.75 Å². The molecule has 2 aliphatic rings. The molecule has 0 spiro atoms. The third kappa shape index (κ3) is 1.77. The van der Waals surface area contributed by atoms with E-state index in [0.717, 1.165) is 24.3 Å². The monoisotopic (exact) mass is 281 g/mol. The molecule has 2 aromatic carbocycles. The highest BCUT2D eigenvalue weighted by atomic mass is 16.5. The molecule has 0 unspecified atom stereocenters. The lowest BCUT2D eigenvalue weighted by Crippen LogP contribution is -2.40. The van der Waals surface area contributed by atoms with Crippen LogP contribution in [0, 0.1) is 5.92 Å². The van der Waals surface area contributed by atoms with E-state index in [2.05, 4.69) is 30.4 Å². The van der Waals surface area contributed by atoms with E-state index in [0.29, 0.717) is 11.7 Å². The van der Waals surface area contributed by atoms with Crippen molar-refractivity contribution in [3.63, 3.8) is 0 Å². The lowest BCUT2D eigenvalue weighted by atomic mass is 9.73. The summed E-state index contributed by atoms with van der Waals surface area (Å²) in [5.74, 6) is 0.671. The van der Waals surface area contributed by atoms with E-state index < -0.39 is 0 Å². The van der Waals surface area contributed by atoms with Gasteiger partial charge < -0.3 is 15.2 Å². The minimum atomic E-state index is -0.283. The van der Waals surface area contributed by atoms with Crippen LogP contribution in [-0.4, -0.2) is 11.7 Å². The van der Waals surface area contributed by atoms with Gasteiger partial charge in [-0.05, 0) is 25.5 Å². The van der Waals surface area contributed by atoms with Crippen molar-refractivity contribution in [1.29, 1.82) is 0 Å². The average Bonchev–Trinajstić information content (AvgIpc) is 2.90. The van der Waals surface area contributed by atoms with Crippen LogP contribution in [0.2, 0.25) is 0 Å². The van der Waals surface area contributed by atoms with Gasteiger partial charge in [0.15, 0.2) is 0 Å². The van der Waals surface area contributed by atoms with Gasteiger partial charge in [-0.15, -0.1) is 0 Å². The first-order valence-corrected chi connectivity index (χ1v) is 7.48. The van der Waals surface area contributed by atoms with Gasteiger partial charge >= 0.3 is 0 Å². The van der Waals surface area contributed by atoms with Gasteiger partial charge in [0, 0.05) is 29.3 Å². The first-order valence-electron chi connectivity index (χ1n) is 7.48. The van der Waals surface area contributed by atoms with Crippen LogP contribution in [0.5, 0.6) is 5.75 Å². The van der Waals surface area contributed by atoms with Gasteiger partial charge in [0.2, 0.25) is 0 Å². The van der Waals surface area contributed by atoms with Gasteiger partial charge in [0.1, 0.15) is 5.75 Å². The fourth-order valence-electron chi connectivity index (χ4n) is 3.90. The van der Waals surface area contributed by atoms with E-state index in [9.17, 15) is 5.11 Å². The molecule has 0 saturated carbocycles. The highest BCUT2D eigenvalue weighted by molar-refractivity contribution is 5.59. The summed E-state index contributed by atoms with van der Waals surface area (Å²) in [4.78, 5) is 0. The van der Waals surface area contributed by atoms with Gasteiger partial charge in [-0.1, -0.05) is 36.4 Å². The molecule has 0 aromatic heterocycles. The lowest BCUT2D eigenvalue weighted by molar-refractivity contribution is -0.0179. The minimum absolute atomic E-state index is 0.0774. The van der Waals surface area contributed by atoms with Crippen molar-refractivity contribution < 1.29 is 9.84 Å². The van der Waals surface area contributed by atoms with Crippen LogP contribution < -0.4 is 5.32 Å². The first-order chi connectivity index (χ1) is 10.2. The van der Waals surface area contributed by atoms with E-state index in [-0.39, 0.29) is 11.6 Å². The molecule has 2 N–H and O–H groups in total. The molecular weight excluding hydrogens is 262 g/mol. The van der Waals surface area contributed by atoms with Crippen molar-refractivity contribution >= 4 is 5.69 Å². The molecule has 4 rings (SSSR count). The number of aromatic hydroxyl groups is 1. The van der Waals surface area contributed by atoms with Crippen LogP contribution in [0.1, 0.15) is 30.5 Å². The highest BCUT2D eigenvalue weighted by Gasteiger charge is 2.50. The summed E-state index contributed by atoms with van der Waals surface area (Å²) in [5.41, 5.74) is 2.99. The molecule has 0 aliphatic carbocycles. The summed E-state index contributed by atoms with van der Waals surface area (Å²) in [7, 11) is 0. The predicted octanol–water partition coefficient (Wildman–Crippen LogP) is 3.81. The quantitative estimate of drug-likeness (QED) is 0.835. The number of hydrogen-bond acceptors (Lipinski definition) is 3. The number of hydrogen-bond donors (Lipinski definition) is 2. The largest absolute Gasteiger partial charge is 0.508 e. The number of phenols is 1. The number of ether oxygens (including phenoxy) is 1. The minimum Gasteiger partial charge on any atom is -0.508 e. The normalized spacial score (nSPS) is 30.3. The third-order valence-corrected chi connectivity index (χ3v) is 4.99. The highest BCUT2D eigenvalue weighted by Crippen LogP contribution is 2.54. The fourth-order valence-corrected chi connectivity index (χ4v) is 3.90. The van der Waals surface area contributed by atoms with Crippen molar-refractivity contribution in [2.75, 3.05) is 11.9 Å². The number of anilines is 1. The second kappa shape index (κ2) is 4.50. The maximum Gasteiger partial charge on any atom is 0.120 e. The summed E-state index contributed by atoms with van der Waals surface area (Å²) < 4.78 is 6.14. The van der Waals surface area contributed by atoms with Gasteiger partial charge in [0.25, 0.3) is 0 Å². The summed E-state index contributed by atoms with van der Waals surface area (Å²) in [6.07, 6.45) is 0.997.